The van der Waals surface area contributed by atoms with E-state index in [1.807, 2.05) is 6.07 Å². The van der Waals surface area contributed by atoms with Gasteiger partial charge in [0.2, 0.25) is 5.91 Å². The van der Waals surface area contributed by atoms with Crippen molar-refractivity contribution in [3.05, 3.63) is 30.1 Å². The second-order valence-corrected chi connectivity index (χ2v) is 5.12. The highest BCUT2D eigenvalue weighted by molar-refractivity contribution is 7.99. The third kappa shape index (κ3) is 5.27. The van der Waals surface area contributed by atoms with Crippen molar-refractivity contribution in [1.82, 2.24) is 10.3 Å². The number of carbonyl (C=O) groups is 2. The molecule has 3 N–H and O–H groups in total. The summed E-state index contributed by atoms with van der Waals surface area (Å²) in [6.07, 6.45) is 3.25. The van der Waals surface area contributed by atoms with Gasteiger partial charge in [0.1, 0.15) is 6.04 Å². The zero-order chi connectivity index (χ0) is 14.3. The number of aliphatic hydroxyl groups excluding tert-OH is 1. The Bertz CT molecular complexity index is 427. The Labute approximate surface area is 115 Å². The van der Waals surface area contributed by atoms with Gasteiger partial charge in [-0.3, -0.25) is 9.78 Å². The minimum Gasteiger partial charge on any atom is -0.480 e. The Morgan fingerprint density at radius 2 is 2.26 bits per heavy atom. The lowest BCUT2D eigenvalue weighted by Gasteiger charge is -2.17. The molecule has 0 spiro atoms. The lowest BCUT2D eigenvalue weighted by atomic mass is 10.2. The molecule has 1 rings (SSSR count). The van der Waals surface area contributed by atoms with E-state index in [4.69, 9.17) is 5.11 Å². The molecule has 0 aliphatic heterocycles. The summed E-state index contributed by atoms with van der Waals surface area (Å²) in [7, 11) is 0. The average Bonchev–Trinajstić information content (AvgIpc) is 2.38. The minimum absolute atomic E-state index is 0.122. The van der Waals surface area contributed by atoms with Crippen LogP contribution in [-0.4, -0.2) is 45.5 Å². The summed E-state index contributed by atoms with van der Waals surface area (Å²) in [6.45, 7) is 1.15. The number of nitrogens with zero attached hydrogens (tertiary/aromatic N) is 1. The summed E-state index contributed by atoms with van der Waals surface area (Å²) in [4.78, 5) is 25.8. The van der Waals surface area contributed by atoms with Gasteiger partial charge in [0.15, 0.2) is 0 Å². The van der Waals surface area contributed by atoms with Gasteiger partial charge in [-0.25, -0.2) is 4.79 Å². The van der Waals surface area contributed by atoms with Crippen LogP contribution >= 0.6 is 11.8 Å². The molecule has 1 unspecified atom stereocenters. The van der Waals surface area contributed by atoms with Crippen LogP contribution in [0.15, 0.2) is 24.5 Å². The lowest BCUT2D eigenvalue weighted by molar-refractivity contribution is -0.140. The van der Waals surface area contributed by atoms with E-state index in [1.165, 1.54) is 18.7 Å². The standard InChI is InChI=1S/C12H16N2O4S/c1-8(16)14-10(12(17)18)7-19-11(6-15)9-3-2-4-13-5-9/h2-5,10-11,15H,6-7H2,1H3,(H,14,16)(H,17,18)/t10-,11?/m0/s1. The van der Waals surface area contributed by atoms with Gasteiger partial charge >= 0.3 is 5.97 Å². The van der Waals surface area contributed by atoms with Gasteiger partial charge in [-0.1, -0.05) is 6.07 Å². The van der Waals surface area contributed by atoms with Crippen LogP contribution in [0.25, 0.3) is 0 Å². The molecule has 0 aliphatic carbocycles. The van der Waals surface area contributed by atoms with E-state index in [0.717, 1.165) is 5.56 Å². The summed E-state index contributed by atoms with van der Waals surface area (Å²) in [5.41, 5.74) is 0.821. The SMILES string of the molecule is CC(=O)N[C@@H](CSC(CO)c1cccnc1)C(=O)O. The molecule has 0 aliphatic rings. The average molecular weight is 284 g/mol. The monoisotopic (exact) mass is 284 g/mol. The Balaban J connectivity index is 2.61. The second kappa shape index (κ2) is 7.75. The van der Waals surface area contributed by atoms with Gasteiger partial charge in [-0.15, -0.1) is 11.8 Å². The Morgan fingerprint density at radius 3 is 2.74 bits per heavy atom. The highest BCUT2D eigenvalue weighted by atomic mass is 32.2. The van der Waals surface area contributed by atoms with Crippen molar-refractivity contribution in [3.63, 3.8) is 0 Å². The molecular weight excluding hydrogens is 268 g/mol. The number of carboxylic acid groups (broad SMARTS) is 1. The Hall–Kier alpha value is -1.60. The number of hydrogen-bond donors (Lipinski definition) is 3. The number of amides is 1. The third-order valence-electron chi connectivity index (χ3n) is 2.36. The summed E-state index contributed by atoms with van der Waals surface area (Å²) in [5, 5.41) is 20.4. The molecule has 0 radical (unpaired) electrons. The highest BCUT2D eigenvalue weighted by Crippen LogP contribution is 2.28. The van der Waals surface area contributed by atoms with Gasteiger partial charge in [0, 0.05) is 25.1 Å². The Morgan fingerprint density at radius 1 is 1.53 bits per heavy atom. The third-order valence-corrected chi connectivity index (χ3v) is 3.71. The summed E-state index contributed by atoms with van der Waals surface area (Å²) in [5.74, 6) is -1.31. The first kappa shape index (κ1) is 15.5. The normalized spacial score (nSPS) is 13.6. The molecule has 104 valence electrons. The van der Waals surface area contributed by atoms with E-state index >= 15 is 0 Å². The van der Waals surface area contributed by atoms with Gasteiger partial charge in [-0.05, 0) is 11.6 Å². The molecular formula is C12H16N2O4S. The second-order valence-electron chi connectivity index (χ2n) is 3.88. The fourth-order valence-corrected chi connectivity index (χ4v) is 2.54. The maximum absolute atomic E-state index is 11.0. The van der Waals surface area contributed by atoms with Crippen LogP contribution in [0, 0.1) is 0 Å². The molecule has 7 heteroatoms. The van der Waals surface area contributed by atoms with Crippen molar-refractivity contribution < 1.29 is 19.8 Å². The number of aromatic nitrogens is 1. The van der Waals surface area contributed by atoms with Crippen molar-refractivity contribution in [1.29, 1.82) is 0 Å². The maximum Gasteiger partial charge on any atom is 0.327 e. The van der Waals surface area contributed by atoms with Crippen molar-refractivity contribution >= 4 is 23.6 Å². The summed E-state index contributed by atoms with van der Waals surface area (Å²) in [6, 6.07) is 2.60. The van der Waals surface area contributed by atoms with E-state index in [2.05, 4.69) is 10.3 Å². The zero-order valence-corrected chi connectivity index (χ0v) is 11.3. The number of carboxylic acids is 1. The topological polar surface area (TPSA) is 99.5 Å². The number of rotatable bonds is 7. The summed E-state index contributed by atoms with van der Waals surface area (Å²) < 4.78 is 0. The number of nitrogens with one attached hydrogen (secondary N) is 1. The molecule has 0 fully saturated rings. The highest BCUT2D eigenvalue weighted by Gasteiger charge is 2.21. The van der Waals surface area contributed by atoms with E-state index in [0.29, 0.717) is 0 Å². The van der Waals surface area contributed by atoms with E-state index in [1.54, 1.807) is 18.5 Å². The molecule has 1 amide bonds. The largest absolute Gasteiger partial charge is 0.480 e. The molecule has 19 heavy (non-hydrogen) atoms. The van der Waals surface area contributed by atoms with Crippen LogP contribution in [0.3, 0.4) is 0 Å². The molecule has 0 aromatic carbocycles. The van der Waals surface area contributed by atoms with E-state index in [-0.39, 0.29) is 17.6 Å². The number of hydrogen-bond acceptors (Lipinski definition) is 5. The maximum atomic E-state index is 11.0. The molecule has 0 saturated carbocycles. The van der Waals surface area contributed by atoms with Gasteiger partial charge in [0.05, 0.1) is 11.9 Å². The van der Waals surface area contributed by atoms with E-state index in [9.17, 15) is 14.7 Å². The van der Waals surface area contributed by atoms with Crippen LogP contribution in [0.5, 0.6) is 0 Å². The molecule has 0 bridgehead atoms. The van der Waals surface area contributed by atoms with Crippen LogP contribution in [-0.2, 0) is 9.59 Å². The molecule has 6 nitrogen and oxygen atoms in total. The van der Waals surface area contributed by atoms with Crippen LogP contribution in [0.2, 0.25) is 0 Å². The van der Waals surface area contributed by atoms with Gasteiger partial charge in [-0.2, -0.15) is 0 Å². The van der Waals surface area contributed by atoms with Gasteiger partial charge < -0.3 is 15.5 Å². The molecule has 1 aromatic rings. The van der Waals surface area contributed by atoms with Crippen molar-refractivity contribution in [2.45, 2.75) is 18.2 Å². The Kier molecular flexibility index (Phi) is 6.31. The van der Waals surface area contributed by atoms with E-state index < -0.39 is 17.9 Å². The van der Waals surface area contributed by atoms with Crippen molar-refractivity contribution in [2.24, 2.45) is 0 Å². The number of thioether (sulfide) groups is 1. The van der Waals surface area contributed by atoms with Crippen LogP contribution < -0.4 is 5.32 Å². The zero-order valence-electron chi connectivity index (χ0n) is 10.4. The number of aliphatic carboxylic acids is 1. The first-order valence-corrected chi connectivity index (χ1v) is 6.71. The number of carbonyl (C=O) groups excluding carboxylic acids is 1. The summed E-state index contributed by atoms with van der Waals surface area (Å²) >= 11 is 1.27. The number of pyridine rings is 1. The number of aliphatic hydroxyl groups is 1. The first-order valence-electron chi connectivity index (χ1n) is 5.67. The fourth-order valence-electron chi connectivity index (χ4n) is 1.45. The minimum atomic E-state index is -1.09. The molecule has 2 atom stereocenters. The lowest BCUT2D eigenvalue weighted by Crippen LogP contribution is -2.41. The van der Waals surface area contributed by atoms with Crippen LogP contribution in [0.4, 0.5) is 0 Å². The molecule has 0 saturated heterocycles. The van der Waals surface area contributed by atoms with Crippen molar-refractivity contribution in [3.8, 4) is 0 Å². The molecule has 1 heterocycles. The molecule has 1 aromatic heterocycles. The first-order chi connectivity index (χ1) is 9.04. The quantitative estimate of drug-likeness (QED) is 0.672. The van der Waals surface area contributed by atoms with Crippen LogP contribution in [0.1, 0.15) is 17.7 Å². The van der Waals surface area contributed by atoms with Crippen molar-refractivity contribution in [2.75, 3.05) is 12.4 Å². The fraction of sp³-hybridized carbons (Fsp3) is 0.417. The smallest absolute Gasteiger partial charge is 0.327 e. The predicted molar refractivity (Wildman–Crippen MR) is 71.8 cm³/mol. The van der Waals surface area contributed by atoms with Gasteiger partial charge in [0.25, 0.3) is 0 Å². The predicted octanol–water partition coefficient (Wildman–Crippen LogP) is 0.437.